The average molecular weight is 314 g/mol. The van der Waals surface area contributed by atoms with Crippen LogP contribution in [-0.2, 0) is 16.1 Å². The van der Waals surface area contributed by atoms with E-state index in [0.29, 0.717) is 31.0 Å². The van der Waals surface area contributed by atoms with Gasteiger partial charge in [0.15, 0.2) is 0 Å². The molecule has 2 aliphatic rings. The summed E-state index contributed by atoms with van der Waals surface area (Å²) >= 11 is 0. The minimum atomic E-state index is 0.281. The van der Waals surface area contributed by atoms with Gasteiger partial charge in [-0.1, -0.05) is 30.3 Å². The summed E-state index contributed by atoms with van der Waals surface area (Å²) in [6, 6.07) is 10.5. The zero-order valence-corrected chi connectivity index (χ0v) is 13.7. The number of carbonyl (C=O) groups is 2. The quantitative estimate of drug-likeness (QED) is 0.857. The highest BCUT2D eigenvalue weighted by Crippen LogP contribution is 2.25. The van der Waals surface area contributed by atoms with E-state index < -0.39 is 0 Å². The van der Waals surface area contributed by atoms with Gasteiger partial charge >= 0.3 is 0 Å². The normalized spacial score (nSPS) is 20.7. The number of rotatable bonds is 4. The Morgan fingerprint density at radius 2 is 1.65 bits per heavy atom. The average Bonchev–Trinajstić information content (AvgIpc) is 2.58. The van der Waals surface area contributed by atoms with Gasteiger partial charge in [0, 0.05) is 52.0 Å². The van der Waals surface area contributed by atoms with E-state index in [-0.39, 0.29) is 5.91 Å². The van der Waals surface area contributed by atoms with Gasteiger partial charge in [-0.25, -0.2) is 0 Å². The molecule has 0 radical (unpaired) electrons. The van der Waals surface area contributed by atoms with Crippen LogP contribution in [0.1, 0.15) is 37.7 Å². The van der Waals surface area contributed by atoms with Crippen molar-refractivity contribution in [1.82, 2.24) is 9.80 Å². The molecule has 1 heterocycles. The maximum Gasteiger partial charge on any atom is 0.222 e. The number of hydrogen-bond donors (Lipinski definition) is 0. The van der Waals surface area contributed by atoms with Crippen LogP contribution in [0.5, 0.6) is 0 Å². The predicted molar refractivity (Wildman–Crippen MR) is 89.9 cm³/mol. The molecule has 23 heavy (non-hydrogen) atoms. The number of carbonyl (C=O) groups excluding carboxylic acids is 2. The summed E-state index contributed by atoms with van der Waals surface area (Å²) in [5.74, 6) is 1.06. The van der Waals surface area contributed by atoms with E-state index in [1.165, 1.54) is 5.56 Å². The number of Topliss-reactive ketones (excluding diaryl/α,β-unsaturated/α-hetero) is 1. The van der Waals surface area contributed by atoms with Gasteiger partial charge in [-0.05, 0) is 24.3 Å². The molecule has 0 atom stereocenters. The first-order valence-corrected chi connectivity index (χ1v) is 8.76. The van der Waals surface area contributed by atoms with Gasteiger partial charge in [0.2, 0.25) is 5.91 Å². The Hall–Kier alpha value is -1.68. The highest BCUT2D eigenvalue weighted by atomic mass is 16.2. The fourth-order valence-electron chi connectivity index (χ4n) is 3.58. The van der Waals surface area contributed by atoms with Crippen LogP contribution in [0.4, 0.5) is 0 Å². The summed E-state index contributed by atoms with van der Waals surface area (Å²) < 4.78 is 0. The molecular weight excluding hydrogens is 288 g/mol. The Bertz CT molecular complexity index is 526. The number of amides is 1. The van der Waals surface area contributed by atoms with Crippen molar-refractivity contribution in [2.24, 2.45) is 5.92 Å². The zero-order valence-electron chi connectivity index (χ0n) is 13.7. The molecule has 1 aromatic carbocycles. The minimum Gasteiger partial charge on any atom is -0.340 e. The van der Waals surface area contributed by atoms with Gasteiger partial charge in [-0.2, -0.15) is 0 Å². The minimum absolute atomic E-state index is 0.281. The maximum atomic E-state index is 12.4. The van der Waals surface area contributed by atoms with Gasteiger partial charge in [0.05, 0.1) is 0 Å². The molecule has 1 amide bonds. The topological polar surface area (TPSA) is 40.6 Å². The van der Waals surface area contributed by atoms with Crippen molar-refractivity contribution in [1.29, 1.82) is 0 Å². The standard InChI is InChI=1S/C19H26N2O2/c22-18-8-6-16(7-9-18)14-19(23)21-12-10-20(11-13-21)15-17-4-2-1-3-5-17/h1-5,16H,6-15H2. The first-order valence-electron chi connectivity index (χ1n) is 8.76. The van der Waals surface area contributed by atoms with Crippen molar-refractivity contribution >= 4 is 11.7 Å². The maximum absolute atomic E-state index is 12.4. The van der Waals surface area contributed by atoms with Crippen LogP contribution in [0.25, 0.3) is 0 Å². The van der Waals surface area contributed by atoms with Crippen LogP contribution in [0.15, 0.2) is 30.3 Å². The van der Waals surface area contributed by atoms with E-state index in [9.17, 15) is 9.59 Å². The second-order valence-corrected chi connectivity index (χ2v) is 6.83. The van der Waals surface area contributed by atoms with Crippen molar-refractivity contribution in [3.63, 3.8) is 0 Å². The second kappa shape index (κ2) is 7.73. The van der Waals surface area contributed by atoms with Gasteiger partial charge in [-0.15, -0.1) is 0 Å². The molecule has 1 aliphatic heterocycles. The van der Waals surface area contributed by atoms with Gasteiger partial charge in [0.25, 0.3) is 0 Å². The third-order valence-electron chi connectivity index (χ3n) is 5.10. The molecule has 124 valence electrons. The molecule has 1 saturated carbocycles. The Morgan fingerprint density at radius 1 is 1.00 bits per heavy atom. The van der Waals surface area contributed by atoms with Crippen LogP contribution >= 0.6 is 0 Å². The third kappa shape index (κ3) is 4.64. The molecular formula is C19H26N2O2. The van der Waals surface area contributed by atoms with Gasteiger partial charge in [0.1, 0.15) is 5.78 Å². The molecule has 0 aromatic heterocycles. The van der Waals surface area contributed by atoms with Crippen molar-refractivity contribution in [3.8, 4) is 0 Å². The van der Waals surface area contributed by atoms with Crippen LogP contribution in [0.2, 0.25) is 0 Å². The lowest BCUT2D eigenvalue weighted by Crippen LogP contribution is -2.48. The summed E-state index contributed by atoms with van der Waals surface area (Å²) in [6.07, 6.45) is 3.77. The Morgan fingerprint density at radius 3 is 2.30 bits per heavy atom. The zero-order chi connectivity index (χ0) is 16.1. The van der Waals surface area contributed by atoms with E-state index in [2.05, 4.69) is 29.2 Å². The van der Waals surface area contributed by atoms with Crippen LogP contribution < -0.4 is 0 Å². The summed E-state index contributed by atoms with van der Waals surface area (Å²) in [5, 5.41) is 0. The summed E-state index contributed by atoms with van der Waals surface area (Å²) in [6.45, 7) is 4.52. The Balaban J connectivity index is 1.41. The first kappa shape index (κ1) is 16.2. The van der Waals surface area contributed by atoms with E-state index >= 15 is 0 Å². The molecule has 3 rings (SSSR count). The van der Waals surface area contributed by atoms with E-state index in [1.54, 1.807) is 0 Å². The summed E-state index contributed by atoms with van der Waals surface area (Å²) in [7, 11) is 0. The van der Waals surface area contributed by atoms with Crippen molar-refractivity contribution < 1.29 is 9.59 Å². The second-order valence-electron chi connectivity index (χ2n) is 6.83. The highest BCUT2D eigenvalue weighted by Gasteiger charge is 2.26. The smallest absolute Gasteiger partial charge is 0.222 e. The summed E-state index contributed by atoms with van der Waals surface area (Å²) in [4.78, 5) is 28.1. The lowest BCUT2D eigenvalue weighted by Gasteiger charge is -2.35. The fourth-order valence-corrected chi connectivity index (χ4v) is 3.58. The summed E-state index contributed by atoms with van der Waals surface area (Å²) in [5.41, 5.74) is 1.33. The van der Waals surface area contributed by atoms with Crippen LogP contribution in [0, 0.1) is 5.92 Å². The highest BCUT2D eigenvalue weighted by molar-refractivity contribution is 5.80. The lowest BCUT2D eigenvalue weighted by atomic mass is 9.86. The van der Waals surface area contributed by atoms with E-state index in [1.807, 2.05) is 11.0 Å². The SMILES string of the molecule is O=C1CCC(CC(=O)N2CCN(Cc3ccccc3)CC2)CC1. The van der Waals surface area contributed by atoms with Crippen molar-refractivity contribution in [2.45, 2.75) is 38.6 Å². The monoisotopic (exact) mass is 314 g/mol. The lowest BCUT2D eigenvalue weighted by molar-refractivity contribution is -0.135. The van der Waals surface area contributed by atoms with Gasteiger partial charge in [-0.3, -0.25) is 14.5 Å². The largest absolute Gasteiger partial charge is 0.340 e. The number of piperazine rings is 1. The van der Waals surface area contributed by atoms with Crippen LogP contribution in [-0.4, -0.2) is 47.7 Å². The number of ketones is 1. The van der Waals surface area contributed by atoms with E-state index in [0.717, 1.165) is 45.6 Å². The molecule has 0 spiro atoms. The molecule has 1 aliphatic carbocycles. The number of benzene rings is 1. The molecule has 1 aromatic rings. The number of nitrogens with zero attached hydrogens (tertiary/aromatic N) is 2. The molecule has 1 saturated heterocycles. The van der Waals surface area contributed by atoms with Crippen molar-refractivity contribution in [3.05, 3.63) is 35.9 Å². The molecule has 2 fully saturated rings. The third-order valence-corrected chi connectivity index (χ3v) is 5.10. The molecule has 0 bridgehead atoms. The Labute approximate surface area is 138 Å². The molecule has 0 unspecified atom stereocenters. The molecule has 4 heteroatoms. The van der Waals surface area contributed by atoms with Gasteiger partial charge < -0.3 is 4.90 Å². The van der Waals surface area contributed by atoms with Crippen LogP contribution in [0.3, 0.4) is 0 Å². The fraction of sp³-hybridized carbons (Fsp3) is 0.579. The molecule has 0 N–H and O–H groups in total. The van der Waals surface area contributed by atoms with E-state index in [4.69, 9.17) is 0 Å². The van der Waals surface area contributed by atoms with Crippen molar-refractivity contribution in [2.75, 3.05) is 26.2 Å². The molecule has 4 nitrogen and oxygen atoms in total. The Kier molecular flexibility index (Phi) is 5.44. The first-order chi connectivity index (χ1) is 11.2. The number of hydrogen-bond acceptors (Lipinski definition) is 3. The predicted octanol–water partition coefficient (Wildman–Crippen LogP) is 2.48.